The molecule has 0 spiro atoms. The lowest BCUT2D eigenvalue weighted by Gasteiger charge is -2.24. The van der Waals surface area contributed by atoms with Crippen molar-refractivity contribution in [3.8, 4) is 11.5 Å². The Morgan fingerprint density at radius 1 is 1.18 bits per heavy atom. The van der Waals surface area contributed by atoms with Gasteiger partial charge < -0.3 is 9.47 Å². The van der Waals surface area contributed by atoms with Crippen LogP contribution in [0.25, 0.3) is 0 Å². The summed E-state index contributed by atoms with van der Waals surface area (Å²) >= 11 is 0. The fraction of sp³-hybridized carbons (Fsp3) is 0.538. The van der Waals surface area contributed by atoms with Crippen molar-refractivity contribution in [3.05, 3.63) is 18.2 Å². The Balaban J connectivity index is 1.87. The van der Waals surface area contributed by atoms with E-state index in [0.29, 0.717) is 24.7 Å². The van der Waals surface area contributed by atoms with E-state index in [9.17, 15) is 16.8 Å². The van der Waals surface area contributed by atoms with Crippen molar-refractivity contribution in [2.45, 2.75) is 23.8 Å². The Labute approximate surface area is 129 Å². The highest BCUT2D eigenvalue weighted by atomic mass is 32.2. The van der Waals surface area contributed by atoms with E-state index in [1.54, 1.807) is 6.92 Å². The highest BCUT2D eigenvalue weighted by Crippen LogP contribution is 2.33. The van der Waals surface area contributed by atoms with E-state index in [0.717, 1.165) is 0 Å². The maximum Gasteiger partial charge on any atom is 0.241 e. The van der Waals surface area contributed by atoms with Gasteiger partial charge in [0.25, 0.3) is 0 Å². The molecule has 3 rings (SSSR count). The van der Waals surface area contributed by atoms with Crippen molar-refractivity contribution < 1.29 is 26.3 Å². The number of hydrogen-bond donors (Lipinski definition) is 1. The molecule has 1 unspecified atom stereocenters. The summed E-state index contributed by atoms with van der Waals surface area (Å²) in [5.74, 6) is 0.676. The van der Waals surface area contributed by atoms with Gasteiger partial charge in [-0.3, -0.25) is 0 Å². The van der Waals surface area contributed by atoms with Crippen LogP contribution in [0, 0.1) is 0 Å². The van der Waals surface area contributed by atoms with E-state index in [1.165, 1.54) is 18.2 Å². The lowest BCUT2D eigenvalue weighted by molar-refractivity contribution is 0.171. The third-order valence-corrected chi connectivity index (χ3v) is 7.25. The Bertz CT molecular complexity index is 802. The molecule has 0 bridgehead atoms. The highest BCUT2D eigenvalue weighted by Gasteiger charge is 2.41. The molecule has 2 aliphatic rings. The molecule has 2 heterocycles. The standard InChI is InChI=1S/C13H17NO6S2/c1-13(4-7-21(15,16)9-13)14-22(17,18)10-2-3-11-12(8-10)20-6-5-19-11/h2-3,8,14H,4-7,9H2,1H3. The molecule has 0 aliphatic carbocycles. The van der Waals surface area contributed by atoms with Gasteiger partial charge in [0.15, 0.2) is 21.3 Å². The van der Waals surface area contributed by atoms with Gasteiger partial charge in [-0.15, -0.1) is 0 Å². The van der Waals surface area contributed by atoms with E-state index in [1.807, 2.05) is 0 Å². The second-order valence-electron chi connectivity index (χ2n) is 5.81. The van der Waals surface area contributed by atoms with Crippen LogP contribution < -0.4 is 14.2 Å². The minimum Gasteiger partial charge on any atom is -0.486 e. The van der Waals surface area contributed by atoms with Gasteiger partial charge in [-0.25, -0.2) is 21.6 Å². The first-order chi connectivity index (χ1) is 10.2. The second kappa shape index (κ2) is 5.10. The van der Waals surface area contributed by atoms with Crippen LogP contribution in [0.3, 0.4) is 0 Å². The van der Waals surface area contributed by atoms with Crippen LogP contribution >= 0.6 is 0 Å². The molecule has 7 nitrogen and oxygen atoms in total. The maximum absolute atomic E-state index is 12.5. The Kier molecular flexibility index (Phi) is 3.61. The molecule has 1 fully saturated rings. The number of sulfone groups is 1. The third-order valence-electron chi connectivity index (χ3n) is 3.71. The van der Waals surface area contributed by atoms with Gasteiger partial charge >= 0.3 is 0 Å². The van der Waals surface area contributed by atoms with Crippen LogP contribution in [0.15, 0.2) is 23.1 Å². The van der Waals surface area contributed by atoms with E-state index >= 15 is 0 Å². The first kappa shape index (κ1) is 15.6. The van der Waals surface area contributed by atoms with Gasteiger partial charge in [-0.1, -0.05) is 0 Å². The summed E-state index contributed by atoms with van der Waals surface area (Å²) in [6.07, 6.45) is 0.263. The summed E-state index contributed by atoms with van der Waals surface area (Å²) in [5, 5.41) is 0. The summed E-state index contributed by atoms with van der Waals surface area (Å²) in [7, 11) is -7.03. The summed E-state index contributed by atoms with van der Waals surface area (Å²) in [6.45, 7) is 2.39. The molecule has 122 valence electrons. The number of hydrogen-bond acceptors (Lipinski definition) is 6. The van der Waals surface area contributed by atoms with Crippen molar-refractivity contribution in [2.75, 3.05) is 24.7 Å². The van der Waals surface area contributed by atoms with Gasteiger partial charge in [-0.2, -0.15) is 0 Å². The Hall–Kier alpha value is -1.32. The Morgan fingerprint density at radius 2 is 1.86 bits per heavy atom. The smallest absolute Gasteiger partial charge is 0.241 e. The predicted octanol–water partition coefficient (Wildman–Crippen LogP) is 0.313. The molecule has 0 radical (unpaired) electrons. The van der Waals surface area contributed by atoms with Gasteiger partial charge in [0.2, 0.25) is 10.0 Å². The SMILES string of the molecule is CC1(NS(=O)(=O)c2ccc3c(c2)OCCO3)CCS(=O)(=O)C1. The number of fused-ring (bicyclic) bond motifs is 1. The fourth-order valence-electron chi connectivity index (χ4n) is 2.67. The third kappa shape index (κ3) is 3.06. The zero-order valence-electron chi connectivity index (χ0n) is 12.0. The quantitative estimate of drug-likeness (QED) is 0.845. The summed E-state index contributed by atoms with van der Waals surface area (Å²) in [6, 6.07) is 4.35. The van der Waals surface area contributed by atoms with Gasteiger partial charge in [0.05, 0.1) is 16.4 Å². The molecule has 1 atom stereocenters. The number of ether oxygens (including phenoxy) is 2. The van der Waals surface area contributed by atoms with Gasteiger partial charge in [-0.05, 0) is 25.5 Å². The topological polar surface area (TPSA) is 98.8 Å². The molecule has 2 aliphatic heterocycles. The lowest BCUT2D eigenvalue weighted by atomic mass is 10.0. The first-order valence-electron chi connectivity index (χ1n) is 6.83. The van der Waals surface area contributed by atoms with Crippen LogP contribution in [0.2, 0.25) is 0 Å². The monoisotopic (exact) mass is 347 g/mol. The van der Waals surface area contributed by atoms with E-state index < -0.39 is 25.4 Å². The van der Waals surface area contributed by atoms with Crippen LogP contribution in [-0.2, 0) is 19.9 Å². The molecule has 9 heteroatoms. The van der Waals surface area contributed by atoms with Crippen LogP contribution in [0.5, 0.6) is 11.5 Å². The average Bonchev–Trinajstić information content (AvgIpc) is 2.71. The molecule has 1 aromatic carbocycles. The lowest BCUT2D eigenvalue weighted by Crippen LogP contribution is -2.46. The number of benzene rings is 1. The van der Waals surface area contributed by atoms with Crippen molar-refractivity contribution in [1.29, 1.82) is 0 Å². The van der Waals surface area contributed by atoms with Crippen LogP contribution in [0.4, 0.5) is 0 Å². The predicted molar refractivity (Wildman–Crippen MR) is 79.4 cm³/mol. The first-order valence-corrected chi connectivity index (χ1v) is 10.1. The average molecular weight is 347 g/mol. The minimum atomic E-state index is -3.84. The summed E-state index contributed by atoms with van der Waals surface area (Å²) in [4.78, 5) is 0.0299. The molecule has 1 N–H and O–H groups in total. The zero-order valence-corrected chi connectivity index (χ0v) is 13.7. The molecule has 1 saturated heterocycles. The zero-order chi connectivity index (χ0) is 16.0. The van der Waals surface area contributed by atoms with Gasteiger partial charge in [0.1, 0.15) is 13.2 Å². The number of nitrogens with one attached hydrogen (secondary N) is 1. The van der Waals surface area contributed by atoms with Crippen molar-refractivity contribution in [3.63, 3.8) is 0 Å². The molecule has 0 amide bonds. The number of sulfonamides is 1. The second-order valence-corrected chi connectivity index (χ2v) is 9.68. The van der Waals surface area contributed by atoms with Crippen LogP contribution in [0.1, 0.15) is 13.3 Å². The molecule has 0 saturated carbocycles. The van der Waals surface area contributed by atoms with E-state index in [4.69, 9.17) is 9.47 Å². The molecule has 0 aromatic heterocycles. The normalized spacial score (nSPS) is 26.8. The van der Waals surface area contributed by atoms with Crippen molar-refractivity contribution in [2.24, 2.45) is 0 Å². The van der Waals surface area contributed by atoms with Gasteiger partial charge in [0, 0.05) is 11.6 Å². The van der Waals surface area contributed by atoms with Crippen molar-refractivity contribution in [1.82, 2.24) is 4.72 Å². The molecular formula is C13H17NO6S2. The minimum absolute atomic E-state index is 0.00679. The fourth-order valence-corrected chi connectivity index (χ4v) is 6.30. The van der Waals surface area contributed by atoms with E-state index in [2.05, 4.69) is 4.72 Å². The summed E-state index contributed by atoms with van der Waals surface area (Å²) < 4.78 is 61.4. The summed E-state index contributed by atoms with van der Waals surface area (Å²) in [5.41, 5.74) is -0.981. The maximum atomic E-state index is 12.5. The molecule has 1 aromatic rings. The Morgan fingerprint density at radius 3 is 2.50 bits per heavy atom. The molecule has 22 heavy (non-hydrogen) atoms. The van der Waals surface area contributed by atoms with Crippen molar-refractivity contribution >= 4 is 19.9 Å². The van der Waals surface area contributed by atoms with E-state index in [-0.39, 0.29) is 22.8 Å². The largest absolute Gasteiger partial charge is 0.486 e. The van der Waals surface area contributed by atoms with Crippen LogP contribution in [-0.4, -0.2) is 47.1 Å². The highest BCUT2D eigenvalue weighted by molar-refractivity contribution is 7.92. The number of rotatable bonds is 3. The molecular weight excluding hydrogens is 330 g/mol.